The van der Waals surface area contributed by atoms with Crippen molar-refractivity contribution in [3.8, 4) is 0 Å². The number of carbonyl (C=O) groups excluding carboxylic acids is 3. The summed E-state index contributed by atoms with van der Waals surface area (Å²) in [5, 5.41) is 4.31. The minimum atomic E-state index is -0.897. The van der Waals surface area contributed by atoms with E-state index in [-0.39, 0.29) is 37.6 Å². The average Bonchev–Trinajstić information content (AvgIpc) is 3.16. The van der Waals surface area contributed by atoms with Gasteiger partial charge in [0, 0.05) is 38.8 Å². The molecule has 37 heavy (non-hydrogen) atoms. The van der Waals surface area contributed by atoms with Crippen molar-refractivity contribution in [3.05, 3.63) is 83.9 Å². The summed E-state index contributed by atoms with van der Waals surface area (Å²) in [5.74, 6) is -0.721. The second-order valence-electron chi connectivity index (χ2n) is 9.61. The van der Waals surface area contributed by atoms with E-state index in [4.69, 9.17) is 10.5 Å². The lowest BCUT2D eigenvalue weighted by molar-refractivity contribution is -0.145. The van der Waals surface area contributed by atoms with Gasteiger partial charge in [0.15, 0.2) is 0 Å². The highest BCUT2D eigenvalue weighted by Gasteiger charge is 2.56. The van der Waals surface area contributed by atoms with Crippen molar-refractivity contribution < 1.29 is 19.1 Å². The first-order valence-corrected chi connectivity index (χ1v) is 12.6. The average molecular weight is 506 g/mol. The van der Waals surface area contributed by atoms with Gasteiger partial charge in [-0.1, -0.05) is 66.7 Å². The Bertz CT molecular complexity index is 1110. The molecule has 2 fully saturated rings. The number of rotatable bonds is 10. The zero-order valence-electron chi connectivity index (χ0n) is 21.1. The maximum Gasteiger partial charge on any atom is 0.247 e. The summed E-state index contributed by atoms with van der Waals surface area (Å²) >= 11 is 0. The number of fused-ring (bicyclic) bond motifs is 1. The predicted molar refractivity (Wildman–Crippen MR) is 140 cm³/mol. The van der Waals surface area contributed by atoms with Gasteiger partial charge in [-0.15, -0.1) is 0 Å². The van der Waals surface area contributed by atoms with E-state index in [0.29, 0.717) is 26.0 Å². The van der Waals surface area contributed by atoms with Crippen molar-refractivity contribution in [1.29, 1.82) is 0 Å². The van der Waals surface area contributed by atoms with Crippen LogP contribution < -0.4 is 16.5 Å². The van der Waals surface area contributed by atoms with Gasteiger partial charge in [-0.3, -0.25) is 19.4 Å². The van der Waals surface area contributed by atoms with E-state index in [1.807, 2.05) is 60.7 Å². The molecule has 2 saturated heterocycles. The van der Waals surface area contributed by atoms with Gasteiger partial charge in [-0.2, -0.15) is 0 Å². The Kier molecular flexibility index (Phi) is 8.70. The van der Waals surface area contributed by atoms with Gasteiger partial charge in [0.05, 0.1) is 18.6 Å². The van der Waals surface area contributed by atoms with E-state index in [1.54, 1.807) is 17.0 Å². The first-order chi connectivity index (χ1) is 17.9. The molecule has 0 radical (unpaired) electrons. The number of piperidine rings is 1. The minimum absolute atomic E-state index is 0.00758. The summed E-state index contributed by atoms with van der Waals surface area (Å²) in [6.07, 6.45) is 3.98. The van der Waals surface area contributed by atoms with Gasteiger partial charge in [0.2, 0.25) is 17.7 Å². The van der Waals surface area contributed by atoms with Gasteiger partial charge in [-0.25, -0.2) is 5.43 Å². The molecular formula is C28H35N5O4. The number of benzene rings is 2. The molecule has 2 aliphatic heterocycles. The third-order valence-corrected chi connectivity index (χ3v) is 7.00. The molecule has 9 nitrogen and oxygen atoms in total. The zero-order chi connectivity index (χ0) is 26.3. The Morgan fingerprint density at radius 2 is 1.84 bits per heavy atom. The fraction of sp³-hybridized carbons (Fsp3) is 0.393. The topological polar surface area (TPSA) is 117 Å². The van der Waals surface area contributed by atoms with E-state index in [2.05, 4.69) is 10.7 Å². The van der Waals surface area contributed by atoms with Gasteiger partial charge in [0.1, 0.15) is 6.04 Å². The van der Waals surface area contributed by atoms with Crippen LogP contribution in [0, 0.1) is 5.41 Å². The normalized spacial score (nSPS) is 22.2. The number of hydrazine groups is 1. The minimum Gasteiger partial charge on any atom is -0.374 e. The van der Waals surface area contributed by atoms with Crippen LogP contribution in [0.15, 0.2) is 72.8 Å². The van der Waals surface area contributed by atoms with E-state index in [0.717, 1.165) is 11.1 Å². The van der Waals surface area contributed by atoms with Crippen LogP contribution in [-0.4, -0.2) is 73.0 Å². The summed E-state index contributed by atoms with van der Waals surface area (Å²) in [7, 11) is 1.73. The second-order valence-corrected chi connectivity index (χ2v) is 9.61. The monoisotopic (exact) mass is 505 g/mol. The molecule has 4 N–H and O–H groups in total. The van der Waals surface area contributed by atoms with Crippen molar-refractivity contribution in [2.45, 2.75) is 31.5 Å². The van der Waals surface area contributed by atoms with Crippen molar-refractivity contribution in [1.82, 2.24) is 20.7 Å². The molecule has 0 spiro atoms. The van der Waals surface area contributed by atoms with Gasteiger partial charge < -0.3 is 20.7 Å². The Hall–Kier alpha value is -3.53. The SMILES string of the molecule is CN1NC2CCN(C(=O)C(COCc3ccccc3)NC(=O)/C=C/CN)CC2(Cc2ccccc2)C1=O. The smallest absolute Gasteiger partial charge is 0.247 e. The van der Waals surface area contributed by atoms with Crippen LogP contribution in [0.2, 0.25) is 0 Å². The number of hydrogen-bond donors (Lipinski definition) is 3. The number of nitrogens with two attached hydrogens (primary N) is 1. The van der Waals surface area contributed by atoms with Gasteiger partial charge in [-0.05, 0) is 24.0 Å². The van der Waals surface area contributed by atoms with Crippen LogP contribution in [0.3, 0.4) is 0 Å². The maximum absolute atomic E-state index is 13.8. The van der Waals surface area contributed by atoms with Crippen LogP contribution in [-0.2, 0) is 32.1 Å². The molecule has 3 unspecified atom stereocenters. The molecule has 2 aromatic carbocycles. The number of amides is 3. The predicted octanol–water partition coefficient (Wildman–Crippen LogP) is 1.01. The van der Waals surface area contributed by atoms with Crippen LogP contribution >= 0.6 is 0 Å². The lowest BCUT2D eigenvalue weighted by Gasteiger charge is -2.43. The lowest BCUT2D eigenvalue weighted by Crippen LogP contribution is -2.60. The molecular weight excluding hydrogens is 470 g/mol. The number of carbonyl (C=O) groups is 3. The maximum atomic E-state index is 13.8. The molecule has 3 atom stereocenters. The summed E-state index contributed by atoms with van der Waals surface area (Å²) in [6.45, 7) is 1.26. The number of ether oxygens (including phenoxy) is 1. The molecule has 2 aromatic rings. The summed E-state index contributed by atoms with van der Waals surface area (Å²) < 4.78 is 5.85. The number of likely N-dealkylation sites (tertiary alicyclic amines) is 1. The summed E-state index contributed by atoms with van der Waals surface area (Å²) in [4.78, 5) is 41.4. The molecule has 3 amide bonds. The Balaban J connectivity index is 1.52. The number of hydrogen-bond acceptors (Lipinski definition) is 6. The standard InChI is InChI=1S/C28H35N5O4/c1-32-27(36)28(17-21-9-4-2-5-10-21)20-33(16-14-24(28)31-32)26(35)23(30-25(34)13-8-15-29)19-37-18-22-11-6-3-7-12-22/h2-13,23-24,31H,14-20,29H2,1H3,(H,30,34)/b13-8+. The Morgan fingerprint density at radius 3 is 2.51 bits per heavy atom. The summed E-state index contributed by atoms with van der Waals surface area (Å²) in [6, 6.07) is 18.5. The highest BCUT2D eigenvalue weighted by molar-refractivity contribution is 5.93. The lowest BCUT2D eigenvalue weighted by atomic mass is 9.72. The van der Waals surface area contributed by atoms with Crippen LogP contribution in [0.4, 0.5) is 0 Å². The molecule has 0 saturated carbocycles. The van der Waals surface area contributed by atoms with E-state index < -0.39 is 17.4 Å². The summed E-state index contributed by atoms with van der Waals surface area (Å²) in [5.41, 5.74) is 9.98. The number of nitrogens with zero attached hydrogens (tertiary/aromatic N) is 2. The van der Waals surface area contributed by atoms with E-state index in [9.17, 15) is 14.4 Å². The highest BCUT2D eigenvalue weighted by atomic mass is 16.5. The molecule has 0 bridgehead atoms. The fourth-order valence-electron chi connectivity index (χ4n) is 5.18. The van der Waals surface area contributed by atoms with Crippen molar-refractivity contribution in [2.24, 2.45) is 11.1 Å². The molecule has 9 heteroatoms. The molecule has 2 aliphatic rings. The molecule has 2 heterocycles. The Morgan fingerprint density at radius 1 is 1.16 bits per heavy atom. The van der Waals surface area contributed by atoms with E-state index >= 15 is 0 Å². The van der Waals surface area contributed by atoms with Crippen LogP contribution in [0.5, 0.6) is 0 Å². The van der Waals surface area contributed by atoms with Crippen molar-refractivity contribution in [3.63, 3.8) is 0 Å². The first kappa shape index (κ1) is 26.5. The van der Waals surface area contributed by atoms with Crippen molar-refractivity contribution >= 4 is 17.7 Å². The van der Waals surface area contributed by atoms with Crippen LogP contribution in [0.25, 0.3) is 0 Å². The van der Waals surface area contributed by atoms with E-state index in [1.165, 1.54) is 12.2 Å². The van der Waals surface area contributed by atoms with Gasteiger partial charge >= 0.3 is 0 Å². The molecule has 0 aromatic heterocycles. The van der Waals surface area contributed by atoms with Crippen LogP contribution in [0.1, 0.15) is 17.5 Å². The largest absolute Gasteiger partial charge is 0.374 e. The molecule has 4 rings (SSSR count). The second kappa shape index (κ2) is 12.1. The third kappa shape index (κ3) is 6.25. The number of nitrogens with one attached hydrogen (secondary N) is 2. The first-order valence-electron chi connectivity index (χ1n) is 12.6. The quantitative estimate of drug-likeness (QED) is 0.415. The molecule has 0 aliphatic carbocycles. The van der Waals surface area contributed by atoms with Crippen molar-refractivity contribution in [2.75, 3.05) is 33.3 Å². The van der Waals surface area contributed by atoms with Gasteiger partial charge in [0.25, 0.3) is 0 Å². The zero-order valence-corrected chi connectivity index (χ0v) is 21.1. The molecule has 196 valence electrons. The third-order valence-electron chi connectivity index (χ3n) is 7.00. The fourth-order valence-corrected chi connectivity index (χ4v) is 5.18. The Labute approximate surface area is 217 Å². The highest BCUT2D eigenvalue weighted by Crippen LogP contribution is 2.39.